The third-order valence-corrected chi connectivity index (χ3v) is 5.14. The molecule has 0 N–H and O–H groups in total. The molecule has 0 saturated carbocycles. The molecule has 0 unspecified atom stereocenters. The summed E-state index contributed by atoms with van der Waals surface area (Å²) in [6.45, 7) is 6.74. The zero-order chi connectivity index (χ0) is 13.9. The Morgan fingerprint density at radius 1 is 1.00 bits per heavy atom. The van der Waals surface area contributed by atoms with E-state index in [1.54, 1.807) is 0 Å². The number of piperazine rings is 1. The Kier molecular flexibility index (Phi) is 4.58. The van der Waals surface area contributed by atoms with E-state index in [1.165, 1.54) is 0 Å². The maximum absolute atomic E-state index is 12.5. The number of likely N-dealkylation sites (N-methyl/N-ethyl adjacent to an activating group) is 1. The van der Waals surface area contributed by atoms with Crippen LogP contribution in [0, 0.1) is 0 Å². The van der Waals surface area contributed by atoms with Crippen LogP contribution in [0.2, 0.25) is 0 Å². The van der Waals surface area contributed by atoms with E-state index in [0.29, 0.717) is 11.9 Å². The molecule has 0 aromatic carbocycles. The number of carbonyl (C=O) groups excluding carboxylic acids is 1. The van der Waals surface area contributed by atoms with E-state index in [1.807, 2.05) is 0 Å². The molecule has 3 heterocycles. The molecule has 5 heteroatoms. The summed E-state index contributed by atoms with van der Waals surface area (Å²) in [4.78, 5) is 19.4. The van der Waals surface area contributed by atoms with E-state index in [9.17, 15) is 4.79 Å². The molecular formula is C15H27N3O2. The van der Waals surface area contributed by atoms with Crippen LogP contribution < -0.4 is 0 Å². The summed E-state index contributed by atoms with van der Waals surface area (Å²) in [6.07, 6.45) is 4.50. The van der Waals surface area contributed by atoms with E-state index in [-0.39, 0.29) is 6.04 Å². The molecule has 1 amide bonds. The Morgan fingerprint density at radius 3 is 2.30 bits per heavy atom. The van der Waals surface area contributed by atoms with Crippen molar-refractivity contribution in [2.75, 3.05) is 53.0 Å². The van der Waals surface area contributed by atoms with Crippen LogP contribution in [0.1, 0.15) is 25.7 Å². The number of rotatable bonds is 2. The van der Waals surface area contributed by atoms with Crippen molar-refractivity contribution in [3.8, 4) is 0 Å². The van der Waals surface area contributed by atoms with Gasteiger partial charge in [0, 0.05) is 45.4 Å². The van der Waals surface area contributed by atoms with Crippen molar-refractivity contribution >= 4 is 5.91 Å². The molecule has 114 valence electrons. The molecule has 0 spiro atoms. The minimum Gasteiger partial charge on any atom is -0.381 e. The molecule has 3 aliphatic rings. The zero-order valence-corrected chi connectivity index (χ0v) is 12.6. The molecule has 3 rings (SSSR count). The van der Waals surface area contributed by atoms with E-state index < -0.39 is 0 Å². The molecule has 3 aliphatic heterocycles. The van der Waals surface area contributed by atoms with Crippen molar-refractivity contribution in [1.29, 1.82) is 0 Å². The van der Waals surface area contributed by atoms with Gasteiger partial charge in [-0.25, -0.2) is 0 Å². The van der Waals surface area contributed by atoms with Gasteiger partial charge in [-0.1, -0.05) is 0 Å². The largest absolute Gasteiger partial charge is 0.381 e. The summed E-state index contributed by atoms with van der Waals surface area (Å²) < 4.78 is 5.43. The molecule has 0 bridgehead atoms. The Labute approximate surface area is 121 Å². The van der Waals surface area contributed by atoms with Gasteiger partial charge < -0.3 is 9.64 Å². The monoisotopic (exact) mass is 281 g/mol. The van der Waals surface area contributed by atoms with Gasteiger partial charge in [-0.3, -0.25) is 14.6 Å². The predicted molar refractivity (Wildman–Crippen MR) is 77.6 cm³/mol. The van der Waals surface area contributed by atoms with Crippen molar-refractivity contribution in [3.05, 3.63) is 0 Å². The van der Waals surface area contributed by atoms with Crippen molar-refractivity contribution in [3.63, 3.8) is 0 Å². The topological polar surface area (TPSA) is 36.0 Å². The molecule has 3 fully saturated rings. The average Bonchev–Trinajstić information content (AvgIpc) is 2.94. The van der Waals surface area contributed by atoms with Gasteiger partial charge in [0.1, 0.15) is 0 Å². The van der Waals surface area contributed by atoms with E-state index in [4.69, 9.17) is 4.74 Å². The van der Waals surface area contributed by atoms with Crippen LogP contribution >= 0.6 is 0 Å². The molecule has 3 saturated heterocycles. The minimum atomic E-state index is 0.143. The average molecular weight is 281 g/mol. The fraction of sp³-hybridized carbons (Fsp3) is 0.933. The lowest BCUT2D eigenvalue weighted by Gasteiger charge is -2.41. The molecule has 0 radical (unpaired) electrons. The molecule has 0 aromatic rings. The third-order valence-electron chi connectivity index (χ3n) is 5.14. The zero-order valence-electron chi connectivity index (χ0n) is 12.6. The highest BCUT2D eigenvalue weighted by atomic mass is 16.5. The fourth-order valence-electron chi connectivity index (χ4n) is 3.79. The normalized spacial score (nSPS) is 30.9. The van der Waals surface area contributed by atoms with Crippen LogP contribution in [0.4, 0.5) is 0 Å². The number of likely N-dealkylation sites (tertiary alicyclic amines) is 1. The first kappa shape index (κ1) is 14.3. The van der Waals surface area contributed by atoms with Crippen LogP contribution in [0.25, 0.3) is 0 Å². The number of amides is 1. The summed E-state index contributed by atoms with van der Waals surface area (Å²) >= 11 is 0. The lowest BCUT2D eigenvalue weighted by Crippen LogP contribution is -2.55. The van der Waals surface area contributed by atoms with Crippen LogP contribution in [0.3, 0.4) is 0 Å². The maximum atomic E-state index is 12.5. The van der Waals surface area contributed by atoms with Crippen molar-refractivity contribution in [2.45, 2.75) is 37.8 Å². The second-order valence-corrected chi connectivity index (χ2v) is 6.34. The highest BCUT2D eigenvalue weighted by molar-refractivity contribution is 5.82. The van der Waals surface area contributed by atoms with Gasteiger partial charge in [-0.05, 0) is 39.3 Å². The van der Waals surface area contributed by atoms with Crippen molar-refractivity contribution in [2.24, 2.45) is 0 Å². The first-order chi connectivity index (χ1) is 9.75. The van der Waals surface area contributed by atoms with Gasteiger partial charge in [0.15, 0.2) is 0 Å². The maximum Gasteiger partial charge on any atom is 0.240 e. The second-order valence-electron chi connectivity index (χ2n) is 6.34. The van der Waals surface area contributed by atoms with E-state index in [2.05, 4.69) is 21.7 Å². The summed E-state index contributed by atoms with van der Waals surface area (Å²) in [5.74, 6) is 0.358. The number of nitrogens with zero attached hydrogens (tertiary/aromatic N) is 3. The van der Waals surface area contributed by atoms with Gasteiger partial charge in [0.05, 0.1) is 6.04 Å². The standard InChI is InChI=1S/C15H27N3O2/c1-16-6-2-3-14(16)15(19)18-9-7-17(8-10-18)13-4-11-20-12-5-13/h13-14H,2-12H2,1H3/t14-/m0/s1. The first-order valence-electron chi connectivity index (χ1n) is 8.06. The lowest BCUT2D eigenvalue weighted by molar-refractivity contribution is -0.138. The van der Waals surface area contributed by atoms with Crippen molar-refractivity contribution < 1.29 is 9.53 Å². The van der Waals surface area contributed by atoms with Gasteiger partial charge in [0.2, 0.25) is 5.91 Å². The highest BCUT2D eigenvalue weighted by Crippen LogP contribution is 2.20. The highest BCUT2D eigenvalue weighted by Gasteiger charge is 2.34. The Hall–Kier alpha value is -0.650. The summed E-state index contributed by atoms with van der Waals surface area (Å²) in [6, 6.07) is 0.819. The fourth-order valence-corrected chi connectivity index (χ4v) is 3.79. The molecular weight excluding hydrogens is 254 g/mol. The lowest BCUT2D eigenvalue weighted by atomic mass is 10.1. The number of hydrogen-bond acceptors (Lipinski definition) is 4. The van der Waals surface area contributed by atoms with Gasteiger partial charge in [-0.2, -0.15) is 0 Å². The van der Waals surface area contributed by atoms with Crippen LogP contribution in [-0.4, -0.2) is 85.7 Å². The Morgan fingerprint density at radius 2 is 1.70 bits per heavy atom. The van der Waals surface area contributed by atoms with E-state index >= 15 is 0 Å². The summed E-state index contributed by atoms with van der Waals surface area (Å²) in [7, 11) is 2.08. The Balaban J connectivity index is 1.49. The van der Waals surface area contributed by atoms with Gasteiger partial charge in [-0.15, -0.1) is 0 Å². The van der Waals surface area contributed by atoms with Crippen LogP contribution in [0.15, 0.2) is 0 Å². The van der Waals surface area contributed by atoms with Crippen LogP contribution in [-0.2, 0) is 9.53 Å². The van der Waals surface area contributed by atoms with Crippen LogP contribution in [0.5, 0.6) is 0 Å². The summed E-state index contributed by atoms with van der Waals surface area (Å²) in [5.41, 5.74) is 0. The van der Waals surface area contributed by atoms with Gasteiger partial charge in [0.25, 0.3) is 0 Å². The van der Waals surface area contributed by atoms with Crippen molar-refractivity contribution in [1.82, 2.24) is 14.7 Å². The summed E-state index contributed by atoms with van der Waals surface area (Å²) in [5, 5.41) is 0. The predicted octanol–water partition coefficient (Wildman–Crippen LogP) is 0.404. The molecule has 5 nitrogen and oxygen atoms in total. The van der Waals surface area contributed by atoms with Gasteiger partial charge >= 0.3 is 0 Å². The molecule has 20 heavy (non-hydrogen) atoms. The molecule has 1 atom stereocenters. The first-order valence-corrected chi connectivity index (χ1v) is 8.06. The molecule has 0 aliphatic carbocycles. The SMILES string of the molecule is CN1CCC[C@H]1C(=O)N1CCN(C2CCOCC2)CC1. The third kappa shape index (κ3) is 3.00. The quantitative estimate of drug-likeness (QED) is 0.734. The minimum absolute atomic E-state index is 0.143. The number of ether oxygens (including phenoxy) is 1. The van der Waals surface area contributed by atoms with E-state index in [0.717, 1.165) is 71.6 Å². The smallest absolute Gasteiger partial charge is 0.240 e. The number of carbonyl (C=O) groups is 1. The number of hydrogen-bond donors (Lipinski definition) is 0. The second kappa shape index (κ2) is 6.41. The Bertz CT molecular complexity index is 336. The molecule has 0 aromatic heterocycles.